The van der Waals surface area contributed by atoms with Gasteiger partial charge < -0.3 is 19.9 Å². The molecule has 1 aromatic carbocycles. The van der Waals surface area contributed by atoms with Crippen molar-refractivity contribution < 1.29 is 33.0 Å². The van der Waals surface area contributed by atoms with Crippen LogP contribution in [-0.4, -0.2) is 36.7 Å². The summed E-state index contributed by atoms with van der Waals surface area (Å²) in [4.78, 5) is 23.2. The minimum Gasteiger partial charge on any atom is -0.493 e. The van der Waals surface area contributed by atoms with E-state index in [4.69, 9.17) is 9.84 Å². The lowest BCUT2D eigenvalue weighted by Crippen LogP contribution is -2.40. The maximum Gasteiger partial charge on any atom is 0.387 e. The smallest absolute Gasteiger partial charge is 0.387 e. The number of carbonyl (C=O) groups is 2. The van der Waals surface area contributed by atoms with Crippen LogP contribution in [-0.2, 0) is 4.79 Å². The fraction of sp³-hybridized carbons (Fsp3) is 0.467. The number of hydrogen-bond acceptors (Lipinski definition) is 4. The van der Waals surface area contributed by atoms with Crippen molar-refractivity contribution in [3.05, 3.63) is 23.8 Å². The molecular formula is C15H19F2NO5. The molecule has 0 saturated heterocycles. The molecule has 23 heavy (non-hydrogen) atoms. The Morgan fingerprint density at radius 2 is 2.00 bits per heavy atom. The van der Waals surface area contributed by atoms with Crippen molar-refractivity contribution in [3.8, 4) is 11.5 Å². The minimum absolute atomic E-state index is 0.00389. The molecule has 0 spiro atoms. The number of halogens is 2. The molecule has 0 radical (unpaired) electrons. The average Bonchev–Trinajstić information content (AvgIpc) is 2.50. The van der Waals surface area contributed by atoms with Crippen LogP contribution in [0.4, 0.5) is 8.78 Å². The Bertz CT molecular complexity index is 551. The van der Waals surface area contributed by atoms with Gasteiger partial charge in [-0.15, -0.1) is 0 Å². The predicted molar refractivity (Wildman–Crippen MR) is 78.0 cm³/mol. The van der Waals surface area contributed by atoms with Gasteiger partial charge >= 0.3 is 12.6 Å². The number of methoxy groups -OCH3 is 1. The number of ether oxygens (including phenoxy) is 2. The van der Waals surface area contributed by atoms with E-state index in [2.05, 4.69) is 10.1 Å². The maximum atomic E-state index is 12.4. The van der Waals surface area contributed by atoms with Gasteiger partial charge in [0, 0.05) is 5.56 Å². The van der Waals surface area contributed by atoms with Gasteiger partial charge in [-0.25, -0.2) is 4.79 Å². The number of carbonyl (C=O) groups excluding carboxylic acids is 1. The largest absolute Gasteiger partial charge is 0.493 e. The van der Waals surface area contributed by atoms with Crippen LogP contribution < -0.4 is 14.8 Å². The van der Waals surface area contributed by atoms with Crippen LogP contribution in [0.3, 0.4) is 0 Å². The first-order chi connectivity index (χ1) is 10.9. The third-order valence-electron chi connectivity index (χ3n) is 3.09. The minimum atomic E-state index is -3.07. The van der Waals surface area contributed by atoms with Crippen LogP contribution in [0.5, 0.6) is 11.5 Å². The highest BCUT2D eigenvalue weighted by Gasteiger charge is 2.21. The van der Waals surface area contributed by atoms with Crippen LogP contribution in [0.15, 0.2) is 18.2 Å². The molecule has 1 amide bonds. The third kappa shape index (κ3) is 5.72. The van der Waals surface area contributed by atoms with Gasteiger partial charge in [0.15, 0.2) is 11.5 Å². The van der Waals surface area contributed by atoms with Crippen LogP contribution in [0.1, 0.15) is 36.5 Å². The van der Waals surface area contributed by atoms with Gasteiger partial charge in [-0.05, 0) is 24.6 Å². The van der Waals surface area contributed by atoms with Gasteiger partial charge in [0.1, 0.15) is 6.04 Å². The van der Waals surface area contributed by atoms with Gasteiger partial charge in [-0.3, -0.25) is 4.79 Å². The zero-order valence-electron chi connectivity index (χ0n) is 12.8. The number of benzene rings is 1. The molecule has 0 aliphatic carbocycles. The second-order valence-electron chi connectivity index (χ2n) is 4.75. The monoisotopic (exact) mass is 331 g/mol. The van der Waals surface area contributed by atoms with E-state index < -0.39 is 24.5 Å². The lowest BCUT2D eigenvalue weighted by molar-refractivity contribution is -0.139. The summed E-state index contributed by atoms with van der Waals surface area (Å²) >= 11 is 0. The highest BCUT2D eigenvalue weighted by atomic mass is 19.3. The van der Waals surface area contributed by atoms with Crippen LogP contribution in [0.2, 0.25) is 0 Å². The molecule has 2 N–H and O–H groups in total. The fourth-order valence-corrected chi connectivity index (χ4v) is 1.91. The van der Waals surface area contributed by atoms with Gasteiger partial charge in [-0.1, -0.05) is 19.8 Å². The zero-order chi connectivity index (χ0) is 17.4. The molecule has 0 aromatic heterocycles. The Balaban J connectivity index is 2.91. The Labute approximate surface area is 132 Å². The summed E-state index contributed by atoms with van der Waals surface area (Å²) in [6.07, 6.45) is 1.71. The average molecular weight is 331 g/mol. The first-order valence-electron chi connectivity index (χ1n) is 7.05. The lowest BCUT2D eigenvalue weighted by Gasteiger charge is -2.15. The lowest BCUT2D eigenvalue weighted by atomic mass is 10.1. The van der Waals surface area contributed by atoms with E-state index in [0.29, 0.717) is 6.42 Å². The third-order valence-corrected chi connectivity index (χ3v) is 3.09. The molecule has 0 bridgehead atoms. The highest BCUT2D eigenvalue weighted by molar-refractivity contribution is 5.97. The molecule has 1 atom stereocenters. The van der Waals surface area contributed by atoms with Gasteiger partial charge in [0.25, 0.3) is 5.91 Å². The number of rotatable bonds is 9. The molecule has 1 rings (SSSR count). The van der Waals surface area contributed by atoms with Crippen LogP contribution in [0, 0.1) is 0 Å². The van der Waals surface area contributed by atoms with Crippen LogP contribution in [0.25, 0.3) is 0 Å². The molecule has 0 fully saturated rings. The van der Waals surface area contributed by atoms with E-state index in [0.717, 1.165) is 12.5 Å². The number of alkyl halides is 2. The van der Waals surface area contributed by atoms with Gasteiger partial charge in [0.05, 0.1) is 7.11 Å². The van der Waals surface area contributed by atoms with Crippen LogP contribution >= 0.6 is 0 Å². The molecule has 0 heterocycles. The number of aliphatic carboxylic acids is 1. The van der Waals surface area contributed by atoms with Crippen molar-refractivity contribution in [1.29, 1.82) is 0 Å². The molecule has 8 heteroatoms. The number of carboxylic acid groups (broad SMARTS) is 1. The number of unbranched alkanes of at least 4 members (excludes halogenated alkanes) is 1. The van der Waals surface area contributed by atoms with Crippen molar-refractivity contribution in [3.63, 3.8) is 0 Å². The summed E-state index contributed by atoms with van der Waals surface area (Å²) in [6.45, 7) is -1.17. The van der Waals surface area contributed by atoms with E-state index >= 15 is 0 Å². The summed E-state index contributed by atoms with van der Waals surface area (Å²) in [6, 6.07) is 2.68. The summed E-state index contributed by atoms with van der Waals surface area (Å²) in [7, 11) is 1.28. The predicted octanol–water partition coefficient (Wildman–Crippen LogP) is 2.67. The Kier molecular flexibility index (Phi) is 7.24. The summed E-state index contributed by atoms with van der Waals surface area (Å²) in [5, 5.41) is 11.5. The van der Waals surface area contributed by atoms with Crippen molar-refractivity contribution in [2.45, 2.75) is 38.8 Å². The SMILES string of the molecule is CCCCC(NC(=O)c1ccc(OC)c(OC(F)F)c1)C(=O)O. The van der Waals surface area contributed by atoms with Crippen molar-refractivity contribution in [2.24, 2.45) is 0 Å². The van der Waals surface area contributed by atoms with E-state index in [1.54, 1.807) is 0 Å². The van der Waals surface area contributed by atoms with E-state index in [-0.39, 0.29) is 23.5 Å². The fourth-order valence-electron chi connectivity index (χ4n) is 1.91. The molecule has 6 nitrogen and oxygen atoms in total. The van der Waals surface area contributed by atoms with Crippen molar-refractivity contribution in [1.82, 2.24) is 5.32 Å². The maximum absolute atomic E-state index is 12.4. The normalized spacial score (nSPS) is 11.9. The first kappa shape index (κ1) is 18.7. The zero-order valence-corrected chi connectivity index (χ0v) is 12.8. The van der Waals surface area contributed by atoms with E-state index in [1.165, 1.54) is 19.2 Å². The summed E-state index contributed by atoms with van der Waals surface area (Å²) in [5.74, 6) is -2.09. The molecule has 1 aromatic rings. The molecular weight excluding hydrogens is 312 g/mol. The number of amides is 1. The van der Waals surface area contributed by atoms with Crippen molar-refractivity contribution >= 4 is 11.9 Å². The number of carboxylic acids is 1. The molecule has 0 aliphatic heterocycles. The second kappa shape index (κ2) is 8.92. The summed E-state index contributed by atoms with van der Waals surface area (Å²) in [5.41, 5.74) is 0.00389. The van der Waals surface area contributed by atoms with Gasteiger partial charge in [-0.2, -0.15) is 8.78 Å². The molecule has 0 aliphatic rings. The van der Waals surface area contributed by atoms with E-state index in [9.17, 15) is 18.4 Å². The molecule has 128 valence electrons. The number of hydrogen-bond donors (Lipinski definition) is 2. The Hall–Kier alpha value is -2.38. The number of nitrogens with one attached hydrogen (secondary N) is 1. The van der Waals surface area contributed by atoms with Crippen molar-refractivity contribution in [2.75, 3.05) is 7.11 Å². The molecule has 0 saturated carbocycles. The quantitative estimate of drug-likeness (QED) is 0.727. The van der Waals surface area contributed by atoms with Gasteiger partial charge in [0.2, 0.25) is 0 Å². The first-order valence-corrected chi connectivity index (χ1v) is 7.05. The Morgan fingerprint density at radius 1 is 1.30 bits per heavy atom. The standard InChI is InChI=1S/C15H19F2NO5/c1-3-4-5-10(14(20)21)18-13(19)9-6-7-11(22-2)12(8-9)23-15(16)17/h6-8,10,15H,3-5H2,1-2H3,(H,18,19)(H,20,21). The molecule has 1 unspecified atom stereocenters. The Morgan fingerprint density at radius 3 is 2.52 bits per heavy atom. The summed E-state index contributed by atoms with van der Waals surface area (Å²) < 4.78 is 33.9. The second-order valence-corrected chi connectivity index (χ2v) is 4.75. The topological polar surface area (TPSA) is 84.9 Å². The highest BCUT2D eigenvalue weighted by Crippen LogP contribution is 2.29. The van der Waals surface area contributed by atoms with E-state index in [1.807, 2.05) is 6.92 Å².